The summed E-state index contributed by atoms with van der Waals surface area (Å²) >= 11 is 0. The normalized spacial score (nSPS) is 13.3. The van der Waals surface area contributed by atoms with Crippen LogP contribution in [0.1, 0.15) is 15.9 Å². The minimum Gasteiger partial charge on any atom is -0.552 e. The van der Waals surface area contributed by atoms with Gasteiger partial charge in [0.15, 0.2) is 5.78 Å². The number of rotatable bonds is 7. The van der Waals surface area contributed by atoms with E-state index in [9.17, 15) is 4.79 Å². The number of hydrogen-bond acceptors (Lipinski definition) is 2. The third-order valence-electron chi connectivity index (χ3n) is 5.59. The molecule has 0 unspecified atom stereocenters. The minimum atomic E-state index is -1.92. The standard InChI is InChI=1S/C22H36O2Si4/c1-25(2,3)28(26(4,5)6,27(7,8)9)24-21-17-15-20(16-18-21)22(23)19-13-11-10-12-14-19/h10-18H,1-9H3. The molecule has 2 rings (SSSR count). The van der Waals surface area contributed by atoms with E-state index in [-0.39, 0.29) is 5.78 Å². The highest BCUT2D eigenvalue weighted by Gasteiger charge is 2.65. The Morgan fingerprint density at radius 2 is 1.00 bits per heavy atom. The molecule has 0 saturated heterocycles. The minimum absolute atomic E-state index is 0.0660. The molecule has 0 aromatic heterocycles. The highest BCUT2D eigenvalue weighted by Crippen LogP contribution is 2.38. The van der Waals surface area contributed by atoms with E-state index in [1.54, 1.807) is 0 Å². The van der Waals surface area contributed by atoms with E-state index < -0.39 is 29.6 Å². The molecule has 2 aromatic carbocycles. The quantitative estimate of drug-likeness (QED) is 0.360. The van der Waals surface area contributed by atoms with Gasteiger partial charge in [-0.25, -0.2) is 0 Å². The molecule has 0 aliphatic heterocycles. The zero-order valence-electron chi connectivity index (χ0n) is 19.0. The van der Waals surface area contributed by atoms with Crippen LogP contribution in [0.4, 0.5) is 0 Å². The average Bonchev–Trinajstić information content (AvgIpc) is 2.57. The van der Waals surface area contributed by atoms with Crippen molar-refractivity contribution in [2.45, 2.75) is 58.9 Å². The van der Waals surface area contributed by atoms with E-state index in [4.69, 9.17) is 4.43 Å². The Kier molecular flexibility index (Phi) is 6.50. The van der Waals surface area contributed by atoms with E-state index in [0.29, 0.717) is 0 Å². The highest BCUT2D eigenvalue weighted by atomic mass is 29.9. The smallest absolute Gasteiger partial charge is 0.206 e. The Bertz CT molecular complexity index is 775. The summed E-state index contributed by atoms with van der Waals surface area (Å²) in [5.74, 6) is 1.03. The molecule has 6 heteroatoms. The second-order valence-corrected chi connectivity index (χ2v) is 50.2. The number of hydrogen-bond donors (Lipinski definition) is 0. The van der Waals surface area contributed by atoms with Crippen molar-refractivity contribution in [3.63, 3.8) is 0 Å². The summed E-state index contributed by atoms with van der Waals surface area (Å²) in [5, 5.41) is 0. The molecule has 0 saturated carbocycles. The molecular weight excluding hydrogens is 409 g/mol. The van der Waals surface area contributed by atoms with E-state index in [1.807, 2.05) is 54.6 Å². The lowest BCUT2D eigenvalue weighted by Crippen LogP contribution is -2.86. The third kappa shape index (κ3) is 4.35. The van der Waals surface area contributed by atoms with Gasteiger partial charge in [-0.05, 0) is 24.3 Å². The molecule has 0 aliphatic carbocycles. The Morgan fingerprint density at radius 3 is 1.39 bits per heavy atom. The van der Waals surface area contributed by atoms with Crippen molar-refractivity contribution in [3.05, 3.63) is 65.7 Å². The topological polar surface area (TPSA) is 26.3 Å². The lowest BCUT2D eigenvalue weighted by molar-refractivity contribution is 0.103. The average molecular weight is 445 g/mol. The molecule has 0 fully saturated rings. The van der Waals surface area contributed by atoms with Crippen LogP contribution in [0.3, 0.4) is 0 Å². The van der Waals surface area contributed by atoms with Crippen LogP contribution < -0.4 is 4.43 Å². The van der Waals surface area contributed by atoms with Crippen LogP contribution in [0.25, 0.3) is 0 Å². The Morgan fingerprint density at radius 1 is 0.607 bits per heavy atom. The van der Waals surface area contributed by atoms with Gasteiger partial charge in [-0.15, -0.1) is 0 Å². The fourth-order valence-corrected chi connectivity index (χ4v) is 98.4. The second-order valence-electron chi connectivity index (χ2n) is 10.8. The van der Waals surface area contributed by atoms with Crippen LogP contribution in [0.15, 0.2) is 54.6 Å². The second kappa shape index (κ2) is 7.89. The summed E-state index contributed by atoms with van der Waals surface area (Å²) in [6, 6.07) is 17.4. The zero-order valence-corrected chi connectivity index (χ0v) is 23.0. The maximum atomic E-state index is 12.7. The van der Waals surface area contributed by atoms with Crippen molar-refractivity contribution in [3.8, 4) is 5.75 Å². The summed E-state index contributed by atoms with van der Waals surface area (Å²) < 4.78 is 7.15. The van der Waals surface area contributed by atoms with Gasteiger partial charge in [0.05, 0.1) is 22.8 Å². The summed E-state index contributed by atoms with van der Waals surface area (Å²) in [6.07, 6.45) is 0. The van der Waals surface area contributed by atoms with Crippen molar-refractivity contribution >= 4 is 35.4 Å². The highest BCUT2D eigenvalue weighted by molar-refractivity contribution is 7.87. The molecule has 28 heavy (non-hydrogen) atoms. The van der Waals surface area contributed by atoms with Crippen LogP contribution in [0.2, 0.25) is 58.9 Å². The van der Waals surface area contributed by atoms with Crippen LogP contribution in [-0.4, -0.2) is 35.4 Å². The van der Waals surface area contributed by atoms with Gasteiger partial charge in [0.25, 0.3) is 0 Å². The van der Waals surface area contributed by atoms with Crippen LogP contribution >= 0.6 is 0 Å². The molecule has 152 valence electrons. The predicted molar refractivity (Wildman–Crippen MR) is 133 cm³/mol. The summed E-state index contributed by atoms with van der Waals surface area (Å²) in [5.41, 5.74) is 1.45. The molecule has 0 spiro atoms. The maximum absolute atomic E-state index is 12.7. The predicted octanol–water partition coefficient (Wildman–Crippen LogP) is 6.49. The Hall–Kier alpha value is -1.22. The fraction of sp³-hybridized carbons (Fsp3) is 0.409. The molecular formula is C22H36O2Si4. The molecule has 2 nitrogen and oxygen atoms in total. The summed E-state index contributed by atoms with van der Waals surface area (Å²) in [6.45, 7) is 20.7. The largest absolute Gasteiger partial charge is 0.552 e. The van der Waals surface area contributed by atoms with Crippen LogP contribution in [0.5, 0.6) is 5.75 Å². The van der Waals surface area contributed by atoms with Crippen molar-refractivity contribution < 1.29 is 9.22 Å². The third-order valence-corrected chi connectivity index (χ3v) is 72.9. The number of carbonyl (C=O) groups is 1. The fourth-order valence-electron chi connectivity index (χ4n) is 5.44. The van der Waals surface area contributed by atoms with Gasteiger partial charge in [-0.1, -0.05) is 89.3 Å². The van der Waals surface area contributed by atoms with Crippen molar-refractivity contribution in [1.82, 2.24) is 0 Å². The zero-order chi connectivity index (χ0) is 21.4. The summed E-state index contributed by atoms with van der Waals surface area (Å²) in [7, 11) is -4.52. The molecule has 0 N–H and O–H groups in total. The first kappa shape index (κ1) is 23.1. The molecule has 0 bridgehead atoms. The van der Waals surface area contributed by atoms with Crippen LogP contribution in [0, 0.1) is 0 Å². The van der Waals surface area contributed by atoms with Crippen molar-refractivity contribution in [2.75, 3.05) is 0 Å². The van der Waals surface area contributed by atoms with Gasteiger partial charge < -0.3 is 4.43 Å². The number of ketones is 1. The monoisotopic (exact) mass is 444 g/mol. The Balaban J connectivity index is 2.43. The first-order chi connectivity index (χ1) is 12.7. The van der Waals surface area contributed by atoms with Gasteiger partial charge in [-0.2, -0.15) is 0 Å². The first-order valence-electron chi connectivity index (χ1n) is 10.1. The lowest BCUT2D eigenvalue weighted by Gasteiger charge is -2.55. The van der Waals surface area contributed by atoms with Gasteiger partial charge >= 0.3 is 0 Å². The molecule has 0 aliphatic rings. The Labute approximate surface area is 174 Å². The SMILES string of the molecule is C[Si](C)(C)[Si](Oc1ccc(C(=O)c2ccccc2)cc1)([Si](C)(C)C)[Si](C)(C)C. The van der Waals surface area contributed by atoms with E-state index in [0.717, 1.165) is 16.9 Å². The van der Waals surface area contributed by atoms with Crippen molar-refractivity contribution in [2.24, 2.45) is 0 Å². The first-order valence-corrected chi connectivity index (χ1v) is 25.5. The lowest BCUT2D eigenvalue weighted by atomic mass is 10.0. The maximum Gasteiger partial charge on any atom is 0.206 e. The van der Waals surface area contributed by atoms with Gasteiger partial charge in [0.2, 0.25) is 6.87 Å². The molecule has 0 heterocycles. The molecule has 2 aromatic rings. The van der Waals surface area contributed by atoms with E-state index in [2.05, 4.69) is 58.9 Å². The summed E-state index contributed by atoms with van der Waals surface area (Å²) in [4.78, 5) is 12.7. The van der Waals surface area contributed by atoms with E-state index in [1.165, 1.54) is 0 Å². The van der Waals surface area contributed by atoms with Crippen molar-refractivity contribution in [1.29, 1.82) is 0 Å². The van der Waals surface area contributed by atoms with Gasteiger partial charge in [0.1, 0.15) is 5.75 Å². The molecule has 0 radical (unpaired) electrons. The van der Waals surface area contributed by atoms with Gasteiger partial charge in [-0.3, -0.25) is 4.79 Å². The number of benzene rings is 2. The molecule has 0 amide bonds. The van der Waals surface area contributed by atoms with E-state index >= 15 is 0 Å². The van der Waals surface area contributed by atoms with Gasteiger partial charge in [0, 0.05) is 11.1 Å². The van der Waals surface area contributed by atoms with Crippen LogP contribution in [-0.2, 0) is 0 Å². The number of carbonyl (C=O) groups excluding carboxylic acids is 1. The molecule has 0 atom stereocenters.